The summed E-state index contributed by atoms with van der Waals surface area (Å²) in [5.74, 6) is -1.18. The number of nitrogens with zero attached hydrogens (tertiary/aromatic N) is 1. The van der Waals surface area contributed by atoms with Crippen molar-refractivity contribution in [3.8, 4) is 0 Å². The first-order valence-corrected chi connectivity index (χ1v) is 6.57. The number of hydrogen-bond donors (Lipinski definition) is 1. The van der Waals surface area contributed by atoms with Crippen LogP contribution in [0, 0.1) is 0 Å². The van der Waals surface area contributed by atoms with Crippen LogP contribution in [-0.2, 0) is 12.4 Å². The molecule has 0 bridgehead atoms. The molecule has 0 unspecified atom stereocenters. The van der Waals surface area contributed by atoms with E-state index in [1.807, 2.05) is 0 Å². The first kappa shape index (κ1) is 18.1. The van der Waals surface area contributed by atoms with Crippen molar-refractivity contribution in [3.63, 3.8) is 0 Å². The van der Waals surface area contributed by atoms with Crippen molar-refractivity contribution < 1.29 is 31.1 Å². The Morgan fingerprint density at radius 2 is 1.54 bits per heavy atom. The van der Waals surface area contributed by atoms with E-state index in [4.69, 9.17) is 11.6 Å². The summed E-state index contributed by atoms with van der Waals surface area (Å²) in [5, 5.41) is 1.96. The lowest BCUT2D eigenvalue weighted by Gasteiger charge is -2.14. The molecular formula is C14H7ClF6N2O. The van der Waals surface area contributed by atoms with E-state index in [0.29, 0.717) is 12.1 Å². The highest BCUT2D eigenvalue weighted by atomic mass is 35.5. The van der Waals surface area contributed by atoms with Crippen LogP contribution < -0.4 is 5.32 Å². The molecule has 1 heterocycles. The molecular weight excluding hydrogens is 362 g/mol. The van der Waals surface area contributed by atoms with E-state index in [1.165, 1.54) is 18.3 Å². The van der Waals surface area contributed by atoms with Crippen LogP contribution >= 0.6 is 11.6 Å². The average molecular weight is 369 g/mol. The minimum Gasteiger partial charge on any atom is -0.319 e. The topological polar surface area (TPSA) is 42.0 Å². The Bertz CT molecular complexity index is 740. The van der Waals surface area contributed by atoms with Crippen LogP contribution in [0.5, 0.6) is 0 Å². The van der Waals surface area contributed by atoms with Gasteiger partial charge in [-0.2, -0.15) is 26.3 Å². The number of rotatable bonds is 2. The lowest BCUT2D eigenvalue weighted by atomic mass is 10.0. The maximum absolute atomic E-state index is 12.8. The van der Waals surface area contributed by atoms with Crippen molar-refractivity contribution in [2.45, 2.75) is 12.4 Å². The summed E-state index contributed by atoms with van der Waals surface area (Å²) in [6.07, 6.45) is -8.78. The van der Waals surface area contributed by atoms with Crippen molar-refractivity contribution in [1.82, 2.24) is 4.98 Å². The van der Waals surface area contributed by atoms with Crippen molar-refractivity contribution in [2.24, 2.45) is 0 Å². The molecule has 1 aromatic heterocycles. The van der Waals surface area contributed by atoms with E-state index < -0.39 is 35.0 Å². The summed E-state index contributed by atoms with van der Waals surface area (Å²) in [7, 11) is 0. The number of alkyl halides is 6. The van der Waals surface area contributed by atoms with Crippen LogP contribution in [0.25, 0.3) is 0 Å². The maximum Gasteiger partial charge on any atom is 0.416 e. The Morgan fingerprint density at radius 1 is 1.00 bits per heavy atom. The molecule has 1 N–H and O–H groups in total. The van der Waals surface area contributed by atoms with Gasteiger partial charge in [0.2, 0.25) is 0 Å². The Balaban J connectivity index is 2.45. The zero-order valence-corrected chi connectivity index (χ0v) is 12.2. The standard InChI is InChI=1S/C14H7ClF6N2O/c15-11-10(2-1-3-22-11)23-12(24)7-4-8(13(16,17)18)6-9(5-7)14(19,20)21/h1-6H,(H,23,24). The number of carbonyl (C=O) groups excluding carboxylic acids is 1. The summed E-state index contributed by atoms with van der Waals surface area (Å²) < 4.78 is 76.6. The molecule has 0 aliphatic carbocycles. The molecule has 0 aliphatic rings. The molecule has 0 fully saturated rings. The van der Waals surface area contributed by atoms with E-state index in [-0.39, 0.29) is 16.9 Å². The lowest BCUT2D eigenvalue weighted by Crippen LogP contribution is -2.17. The molecule has 3 nitrogen and oxygen atoms in total. The number of carbonyl (C=O) groups is 1. The molecule has 2 rings (SSSR count). The van der Waals surface area contributed by atoms with Gasteiger partial charge < -0.3 is 5.32 Å². The molecule has 0 saturated carbocycles. The molecule has 0 spiro atoms. The van der Waals surface area contributed by atoms with Crippen molar-refractivity contribution >= 4 is 23.2 Å². The first-order valence-electron chi connectivity index (χ1n) is 6.20. The van der Waals surface area contributed by atoms with E-state index in [9.17, 15) is 31.1 Å². The van der Waals surface area contributed by atoms with Gasteiger partial charge in [0.15, 0.2) is 5.15 Å². The molecule has 10 heteroatoms. The monoisotopic (exact) mass is 368 g/mol. The predicted molar refractivity (Wildman–Crippen MR) is 73.6 cm³/mol. The van der Waals surface area contributed by atoms with E-state index in [1.54, 1.807) is 0 Å². The number of benzene rings is 1. The molecule has 1 amide bonds. The molecule has 0 radical (unpaired) electrons. The quantitative estimate of drug-likeness (QED) is 0.597. The van der Waals surface area contributed by atoms with Crippen LogP contribution in [0.2, 0.25) is 5.15 Å². The molecule has 0 aliphatic heterocycles. The zero-order valence-electron chi connectivity index (χ0n) is 11.5. The maximum atomic E-state index is 12.8. The molecule has 2 aromatic rings. The van der Waals surface area contributed by atoms with Crippen LogP contribution in [0.4, 0.5) is 32.0 Å². The summed E-state index contributed by atoms with van der Waals surface area (Å²) in [5.41, 5.74) is -4.02. The Labute approximate surface area is 136 Å². The third-order valence-corrected chi connectivity index (χ3v) is 3.16. The minimum atomic E-state index is -5.04. The Kier molecular flexibility index (Phi) is 4.75. The summed E-state index contributed by atoms with van der Waals surface area (Å²) in [6.45, 7) is 0. The second-order valence-electron chi connectivity index (χ2n) is 4.59. The number of nitrogens with one attached hydrogen (secondary N) is 1. The molecule has 0 atom stereocenters. The number of pyridine rings is 1. The van der Waals surface area contributed by atoms with Gasteiger partial charge in [-0.25, -0.2) is 4.98 Å². The number of halogens is 7. The van der Waals surface area contributed by atoms with Gasteiger partial charge in [-0.1, -0.05) is 11.6 Å². The molecule has 1 aromatic carbocycles. The fourth-order valence-corrected chi connectivity index (χ4v) is 1.93. The van der Waals surface area contributed by atoms with E-state index >= 15 is 0 Å². The predicted octanol–water partition coefficient (Wildman–Crippen LogP) is 5.02. The lowest BCUT2D eigenvalue weighted by molar-refractivity contribution is -0.143. The Morgan fingerprint density at radius 3 is 2.00 bits per heavy atom. The van der Waals surface area contributed by atoms with Crippen molar-refractivity contribution in [2.75, 3.05) is 5.32 Å². The van der Waals surface area contributed by atoms with Gasteiger partial charge in [-0.05, 0) is 30.3 Å². The van der Waals surface area contributed by atoms with Gasteiger partial charge in [0, 0.05) is 11.8 Å². The van der Waals surface area contributed by atoms with Crippen LogP contribution in [0.3, 0.4) is 0 Å². The van der Waals surface area contributed by atoms with Crippen molar-refractivity contribution in [1.29, 1.82) is 0 Å². The van der Waals surface area contributed by atoms with Gasteiger partial charge in [0.25, 0.3) is 5.91 Å². The van der Waals surface area contributed by atoms with Gasteiger partial charge >= 0.3 is 12.4 Å². The highest BCUT2D eigenvalue weighted by Crippen LogP contribution is 2.36. The smallest absolute Gasteiger partial charge is 0.319 e. The number of anilines is 1. The van der Waals surface area contributed by atoms with Gasteiger partial charge in [-0.15, -0.1) is 0 Å². The molecule has 128 valence electrons. The summed E-state index contributed by atoms with van der Waals surface area (Å²) >= 11 is 5.68. The number of amides is 1. The average Bonchev–Trinajstić information content (AvgIpc) is 2.47. The SMILES string of the molecule is O=C(Nc1cccnc1Cl)c1cc(C(F)(F)F)cc(C(F)(F)F)c1. The minimum absolute atomic E-state index is 0.0462. The number of aromatic nitrogens is 1. The van der Waals surface area contributed by atoms with Gasteiger partial charge in [0.1, 0.15) is 0 Å². The second-order valence-corrected chi connectivity index (χ2v) is 4.95. The van der Waals surface area contributed by atoms with Gasteiger partial charge in [-0.3, -0.25) is 4.79 Å². The first-order chi connectivity index (χ1) is 11.0. The van der Waals surface area contributed by atoms with Crippen LogP contribution in [0.1, 0.15) is 21.5 Å². The third kappa shape index (κ3) is 4.16. The van der Waals surface area contributed by atoms with E-state index in [2.05, 4.69) is 10.3 Å². The largest absolute Gasteiger partial charge is 0.416 e. The van der Waals surface area contributed by atoms with Crippen LogP contribution in [-0.4, -0.2) is 10.9 Å². The molecule has 24 heavy (non-hydrogen) atoms. The zero-order chi connectivity index (χ0) is 18.1. The summed E-state index contributed by atoms with van der Waals surface area (Å²) in [6, 6.07) is 3.28. The fourth-order valence-electron chi connectivity index (χ4n) is 1.76. The van der Waals surface area contributed by atoms with Gasteiger partial charge in [0.05, 0.1) is 16.8 Å². The summed E-state index contributed by atoms with van der Waals surface area (Å²) in [4.78, 5) is 15.6. The Hall–Kier alpha value is -2.29. The highest BCUT2D eigenvalue weighted by molar-refractivity contribution is 6.32. The second kappa shape index (κ2) is 6.31. The molecule has 0 saturated heterocycles. The third-order valence-electron chi connectivity index (χ3n) is 2.86. The highest BCUT2D eigenvalue weighted by Gasteiger charge is 2.37. The van der Waals surface area contributed by atoms with Crippen molar-refractivity contribution in [3.05, 3.63) is 58.4 Å². The van der Waals surface area contributed by atoms with Crippen LogP contribution in [0.15, 0.2) is 36.5 Å². The fraction of sp³-hybridized carbons (Fsp3) is 0.143. The van der Waals surface area contributed by atoms with E-state index in [0.717, 1.165) is 0 Å². The normalized spacial score (nSPS) is 12.1. The number of hydrogen-bond acceptors (Lipinski definition) is 2.